The molecule has 0 amide bonds. The monoisotopic (exact) mass is 226 g/mol. The maximum atomic E-state index is 13.3. The molecule has 0 radical (unpaired) electrons. The van der Waals surface area contributed by atoms with Gasteiger partial charge in [0.15, 0.2) is 0 Å². The summed E-state index contributed by atoms with van der Waals surface area (Å²) in [7, 11) is 0. The fourth-order valence-electron chi connectivity index (χ4n) is 1.38. The SMILES string of the molecule is CCCCCC=Cc1c(F)cccc1Cl. The molecule has 82 valence electrons. The third-order valence-electron chi connectivity index (χ3n) is 2.26. The van der Waals surface area contributed by atoms with E-state index in [0.29, 0.717) is 10.6 Å². The molecule has 0 aliphatic carbocycles. The zero-order valence-corrected chi connectivity index (χ0v) is 9.73. The van der Waals surface area contributed by atoms with Gasteiger partial charge in [0.1, 0.15) is 5.82 Å². The molecule has 0 N–H and O–H groups in total. The molecular formula is C13H16ClF. The first-order chi connectivity index (χ1) is 7.25. The first kappa shape index (κ1) is 12.3. The van der Waals surface area contributed by atoms with E-state index < -0.39 is 0 Å². The van der Waals surface area contributed by atoms with Gasteiger partial charge in [0.05, 0.1) is 5.02 Å². The van der Waals surface area contributed by atoms with Crippen LogP contribution in [0.4, 0.5) is 4.39 Å². The minimum absolute atomic E-state index is 0.255. The van der Waals surface area contributed by atoms with Crippen LogP contribution in [0.15, 0.2) is 24.3 Å². The Balaban J connectivity index is 2.56. The minimum atomic E-state index is -0.255. The Labute approximate surface area is 95.8 Å². The van der Waals surface area contributed by atoms with E-state index in [1.54, 1.807) is 18.2 Å². The smallest absolute Gasteiger partial charge is 0.131 e. The molecule has 0 spiro atoms. The predicted molar refractivity (Wildman–Crippen MR) is 64.6 cm³/mol. The first-order valence-electron chi connectivity index (χ1n) is 5.36. The lowest BCUT2D eigenvalue weighted by Crippen LogP contribution is -1.82. The lowest BCUT2D eigenvalue weighted by Gasteiger charge is -1.99. The van der Waals surface area contributed by atoms with Crippen molar-refractivity contribution < 1.29 is 4.39 Å². The molecule has 1 rings (SSSR count). The van der Waals surface area contributed by atoms with E-state index in [9.17, 15) is 4.39 Å². The van der Waals surface area contributed by atoms with Crippen LogP contribution >= 0.6 is 11.6 Å². The largest absolute Gasteiger partial charge is 0.206 e. The van der Waals surface area contributed by atoms with Gasteiger partial charge in [0.25, 0.3) is 0 Å². The number of allylic oxidation sites excluding steroid dienone is 1. The van der Waals surface area contributed by atoms with E-state index in [-0.39, 0.29) is 5.82 Å². The zero-order chi connectivity index (χ0) is 11.1. The Morgan fingerprint density at radius 1 is 1.33 bits per heavy atom. The molecule has 0 saturated carbocycles. The summed E-state index contributed by atoms with van der Waals surface area (Å²) in [6, 6.07) is 4.75. The van der Waals surface area contributed by atoms with Gasteiger partial charge < -0.3 is 0 Å². The van der Waals surface area contributed by atoms with Gasteiger partial charge in [-0.1, -0.05) is 49.6 Å². The Hall–Kier alpha value is -0.820. The molecule has 0 saturated heterocycles. The Morgan fingerprint density at radius 3 is 2.80 bits per heavy atom. The first-order valence-corrected chi connectivity index (χ1v) is 5.74. The molecule has 0 atom stereocenters. The standard InChI is InChI=1S/C13H16ClF/c1-2-3-4-5-6-8-11-12(14)9-7-10-13(11)15/h6-10H,2-5H2,1H3. The second kappa shape index (κ2) is 6.62. The van der Waals surface area contributed by atoms with E-state index in [0.717, 1.165) is 12.8 Å². The van der Waals surface area contributed by atoms with Gasteiger partial charge in [0, 0.05) is 5.56 Å². The summed E-state index contributed by atoms with van der Waals surface area (Å²) in [5.41, 5.74) is 0.496. The fourth-order valence-corrected chi connectivity index (χ4v) is 1.61. The van der Waals surface area contributed by atoms with Crippen LogP contribution in [0, 0.1) is 5.82 Å². The van der Waals surface area contributed by atoms with Crippen LogP contribution in [-0.4, -0.2) is 0 Å². The predicted octanol–water partition coefficient (Wildman–Crippen LogP) is 5.07. The summed E-state index contributed by atoms with van der Waals surface area (Å²) >= 11 is 5.88. The van der Waals surface area contributed by atoms with Gasteiger partial charge in [-0.2, -0.15) is 0 Å². The summed E-state index contributed by atoms with van der Waals surface area (Å²) in [6.45, 7) is 2.16. The van der Waals surface area contributed by atoms with Crippen molar-refractivity contribution >= 4 is 17.7 Å². The summed E-state index contributed by atoms with van der Waals surface area (Å²) in [5, 5.41) is 0.474. The average Bonchev–Trinajstić information content (AvgIpc) is 2.21. The van der Waals surface area contributed by atoms with Gasteiger partial charge in [-0.3, -0.25) is 0 Å². The van der Waals surface area contributed by atoms with Crippen molar-refractivity contribution in [3.63, 3.8) is 0 Å². The van der Waals surface area contributed by atoms with Crippen LogP contribution in [0.25, 0.3) is 6.08 Å². The highest BCUT2D eigenvalue weighted by Crippen LogP contribution is 2.20. The molecule has 0 nitrogen and oxygen atoms in total. The van der Waals surface area contributed by atoms with Crippen LogP contribution in [0.2, 0.25) is 5.02 Å². The molecule has 0 aliphatic rings. The second-order valence-corrected chi connectivity index (χ2v) is 3.94. The molecule has 0 unspecified atom stereocenters. The lowest BCUT2D eigenvalue weighted by atomic mass is 10.1. The summed E-state index contributed by atoms with van der Waals surface area (Å²) in [5.74, 6) is -0.255. The fraction of sp³-hybridized carbons (Fsp3) is 0.385. The van der Waals surface area contributed by atoms with E-state index in [2.05, 4.69) is 6.92 Å². The van der Waals surface area contributed by atoms with Crippen LogP contribution in [0.3, 0.4) is 0 Å². The number of unbranched alkanes of at least 4 members (excludes halogenated alkanes) is 3. The Kier molecular flexibility index (Phi) is 5.41. The van der Waals surface area contributed by atoms with Crippen molar-refractivity contribution in [2.45, 2.75) is 32.6 Å². The highest BCUT2D eigenvalue weighted by molar-refractivity contribution is 6.32. The van der Waals surface area contributed by atoms with Crippen molar-refractivity contribution in [2.75, 3.05) is 0 Å². The summed E-state index contributed by atoms with van der Waals surface area (Å²) < 4.78 is 13.3. The molecule has 0 aliphatic heterocycles. The van der Waals surface area contributed by atoms with Gasteiger partial charge >= 0.3 is 0 Å². The number of hydrogen-bond acceptors (Lipinski definition) is 0. The highest BCUT2D eigenvalue weighted by Gasteiger charge is 2.01. The summed E-state index contributed by atoms with van der Waals surface area (Å²) in [6.07, 6.45) is 8.31. The maximum Gasteiger partial charge on any atom is 0.131 e. The highest BCUT2D eigenvalue weighted by atomic mass is 35.5. The van der Waals surface area contributed by atoms with Crippen LogP contribution < -0.4 is 0 Å². The van der Waals surface area contributed by atoms with Crippen molar-refractivity contribution in [3.05, 3.63) is 40.7 Å². The third kappa shape index (κ3) is 4.05. The molecule has 0 heterocycles. The quantitative estimate of drug-likeness (QED) is 0.615. The van der Waals surface area contributed by atoms with Gasteiger partial charge in [0.2, 0.25) is 0 Å². The van der Waals surface area contributed by atoms with Crippen molar-refractivity contribution in [1.29, 1.82) is 0 Å². The van der Waals surface area contributed by atoms with E-state index in [1.165, 1.54) is 18.9 Å². The van der Waals surface area contributed by atoms with Crippen LogP contribution in [0.5, 0.6) is 0 Å². The zero-order valence-electron chi connectivity index (χ0n) is 8.97. The minimum Gasteiger partial charge on any atom is -0.206 e. The number of benzene rings is 1. The van der Waals surface area contributed by atoms with Crippen LogP contribution in [-0.2, 0) is 0 Å². The maximum absolute atomic E-state index is 13.3. The average molecular weight is 227 g/mol. The van der Waals surface area contributed by atoms with E-state index in [1.807, 2.05) is 6.08 Å². The Morgan fingerprint density at radius 2 is 2.13 bits per heavy atom. The molecule has 0 fully saturated rings. The van der Waals surface area contributed by atoms with Gasteiger partial charge in [-0.25, -0.2) is 4.39 Å². The second-order valence-electron chi connectivity index (χ2n) is 3.53. The molecule has 0 bridgehead atoms. The van der Waals surface area contributed by atoms with Crippen molar-refractivity contribution in [3.8, 4) is 0 Å². The number of hydrogen-bond donors (Lipinski definition) is 0. The van der Waals surface area contributed by atoms with Gasteiger partial charge in [-0.15, -0.1) is 0 Å². The molecule has 15 heavy (non-hydrogen) atoms. The van der Waals surface area contributed by atoms with E-state index >= 15 is 0 Å². The van der Waals surface area contributed by atoms with E-state index in [4.69, 9.17) is 11.6 Å². The molecule has 1 aromatic rings. The van der Waals surface area contributed by atoms with Gasteiger partial charge in [-0.05, 0) is 25.0 Å². The number of rotatable bonds is 5. The van der Waals surface area contributed by atoms with Crippen molar-refractivity contribution in [2.24, 2.45) is 0 Å². The topological polar surface area (TPSA) is 0 Å². The molecule has 1 aromatic carbocycles. The normalized spacial score (nSPS) is 11.1. The molecule has 2 heteroatoms. The third-order valence-corrected chi connectivity index (χ3v) is 2.59. The van der Waals surface area contributed by atoms with Crippen LogP contribution in [0.1, 0.15) is 38.2 Å². The van der Waals surface area contributed by atoms with Crippen molar-refractivity contribution in [1.82, 2.24) is 0 Å². The number of halogens is 2. The molecule has 0 aromatic heterocycles. The Bertz CT molecular complexity index is 311. The molecular weight excluding hydrogens is 211 g/mol. The lowest BCUT2D eigenvalue weighted by molar-refractivity contribution is 0.625. The summed E-state index contributed by atoms with van der Waals surface area (Å²) in [4.78, 5) is 0.